The highest BCUT2D eigenvalue weighted by Crippen LogP contribution is 2.66. The molecule has 1 saturated carbocycles. The Kier molecular flexibility index (Phi) is 3.36. The molecule has 0 aromatic heterocycles. The minimum Gasteiger partial charge on any atom is -0.294 e. The molecule has 1 fully saturated rings. The van der Waals surface area contributed by atoms with E-state index >= 15 is 0 Å². The van der Waals surface area contributed by atoms with Crippen molar-refractivity contribution in [2.45, 2.75) is 20.8 Å². The number of nitriles is 2. The average molecular weight is 287 g/mol. The van der Waals surface area contributed by atoms with Crippen molar-refractivity contribution < 1.29 is 4.79 Å². The number of Topliss-reactive ketones (excluding diaryl/α,β-unsaturated/α-hetero) is 1. The zero-order chi connectivity index (χ0) is 15.1. The van der Waals surface area contributed by atoms with E-state index in [9.17, 15) is 15.3 Å². The van der Waals surface area contributed by atoms with Gasteiger partial charge in [-0.1, -0.05) is 44.5 Å². The Morgan fingerprint density at radius 3 is 2.20 bits per heavy atom. The summed E-state index contributed by atoms with van der Waals surface area (Å²) < 4.78 is 0. The van der Waals surface area contributed by atoms with E-state index in [1.165, 1.54) is 0 Å². The minimum atomic E-state index is -1.23. The van der Waals surface area contributed by atoms with E-state index in [2.05, 4.69) is 12.1 Å². The number of rotatable bonds is 2. The minimum absolute atomic E-state index is 0.210. The van der Waals surface area contributed by atoms with E-state index in [0.717, 1.165) is 0 Å². The van der Waals surface area contributed by atoms with Gasteiger partial charge in [-0.3, -0.25) is 4.79 Å². The van der Waals surface area contributed by atoms with E-state index < -0.39 is 11.3 Å². The summed E-state index contributed by atoms with van der Waals surface area (Å²) in [6, 6.07) is 10.9. The number of carbonyl (C=O) groups is 1. The maximum Gasteiger partial charge on any atom is 0.170 e. The molecular formula is C16H15ClN2O. The van der Waals surface area contributed by atoms with Crippen LogP contribution < -0.4 is 0 Å². The Hall–Kier alpha value is -1.84. The molecule has 2 atom stereocenters. The molecule has 0 N–H and O–H groups in total. The lowest BCUT2D eigenvalue weighted by Gasteiger charge is -2.18. The van der Waals surface area contributed by atoms with Crippen LogP contribution in [-0.2, 0) is 0 Å². The molecule has 2 rings (SSSR count). The van der Waals surface area contributed by atoms with Crippen LogP contribution in [0.5, 0.6) is 0 Å². The number of ketones is 1. The molecule has 20 heavy (non-hydrogen) atoms. The fourth-order valence-corrected chi connectivity index (χ4v) is 3.29. The summed E-state index contributed by atoms with van der Waals surface area (Å²) in [6.45, 7) is 5.84. The van der Waals surface area contributed by atoms with Gasteiger partial charge in [-0.05, 0) is 17.5 Å². The molecule has 0 heterocycles. The number of hydrogen-bond acceptors (Lipinski definition) is 3. The second-order valence-electron chi connectivity index (χ2n) is 6.26. The van der Waals surface area contributed by atoms with Crippen molar-refractivity contribution in [3.8, 4) is 12.1 Å². The van der Waals surface area contributed by atoms with Gasteiger partial charge in [0.1, 0.15) is 0 Å². The first-order valence-electron chi connectivity index (χ1n) is 6.41. The smallest absolute Gasteiger partial charge is 0.170 e. The second kappa shape index (κ2) is 4.62. The van der Waals surface area contributed by atoms with Crippen LogP contribution >= 0.6 is 11.6 Å². The fourth-order valence-electron chi connectivity index (χ4n) is 3.06. The predicted molar refractivity (Wildman–Crippen MR) is 75.9 cm³/mol. The van der Waals surface area contributed by atoms with Crippen LogP contribution in [-0.4, -0.2) is 5.78 Å². The van der Waals surface area contributed by atoms with Crippen LogP contribution in [0.1, 0.15) is 31.1 Å². The maximum atomic E-state index is 12.6. The molecule has 0 radical (unpaired) electrons. The summed E-state index contributed by atoms with van der Waals surface area (Å²) in [5.74, 6) is -1.08. The summed E-state index contributed by atoms with van der Waals surface area (Å²) in [5.41, 5.74) is -1.12. The van der Waals surface area contributed by atoms with Crippen molar-refractivity contribution in [1.82, 2.24) is 0 Å². The third-order valence-corrected chi connectivity index (χ3v) is 4.26. The topological polar surface area (TPSA) is 64.7 Å². The third kappa shape index (κ3) is 1.99. The quantitative estimate of drug-likeness (QED) is 0.776. The molecule has 0 unspecified atom stereocenters. The van der Waals surface area contributed by atoms with Crippen molar-refractivity contribution in [1.29, 1.82) is 10.5 Å². The summed E-state index contributed by atoms with van der Waals surface area (Å²) in [6.07, 6.45) is 0. The first-order chi connectivity index (χ1) is 9.29. The van der Waals surface area contributed by atoms with Gasteiger partial charge in [-0.25, -0.2) is 0 Å². The first kappa shape index (κ1) is 14.6. The largest absolute Gasteiger partial charge is 0.294 e. The van der Waals surface area contributed by atoms with Gasteiger partial charge in [0.2, 0.25) is 0 Å². The highest BCUT2D eigenvalue weighted by atomic mass is 35.5. The summed E-state index contributed by atoms with van der Waals surface area (Å²) in [5, 5.41) is 19.1. The van der Waals surface area contributed by atoms with Crippen LogP contribution in [0.3, 0.4) is 0 Å². The first-order valence-corrected chi connectivity index (χ1v) is 6.78. The summed E-state index contributed by atoms with van der Waals surface area (Å²) >= 11 is 6.05. The van der Waals surface area contributed by atoms with E-state index in [4.69, 9.17) is 11.6 Å². The van der Waals surface area contributed by atoms with Crippen LogP contribution in [0.2, 0.25) is 5.02 Å². The average Bonchev–Trinajstić information content (AvgIpc) is 3.08. The highest BCUT2D eigenvalue weighted by Gasteiger charge is 2.73. The number of halogens is 1. The molecule has 0 spiro atoms. The highest BCUT2D eigenvalue weighted by molar-refractivity contribution is 6.34. The SMILES string of the molecule is CC(C)(C)[C@@H]1[C@@H](C(=O)c2ccccc2Cl)C1(C#N)C#N. The van der Waals surface area contributed by atoms with Gasteiger partial charge >= 0.3 is 0 Å². The Morgan fingerprint density at radius 2 is 1.80 bits per heavy atom. The van der Waals surface area contributed by atoms with Crippen molar-refractivity contribution in [3.63, 3.8) is 0 Å². The van der Waals surface area contributed by atoms with Gasteiger partial charge < -0.3 is 0 Å². The van der Waals surface area contributed by atoms with E-state index in [0.29, 0.717) is 10.6 Å². The molecule has 3 nitrogen and oxygen atoms in total. The van der Waals surface area contributed by atoms with Crippen molar-refractivity contribution >= 4 is 17.4 Å². The Morgan fingerprint density at radius 1 is 1.25 bits per heavy atom. The molecule has 102 valence electrons. The van der Waals surface area contributed by atoms with Crippen molar-refractivity contribution in [3.05, 3.63) is 34.9 Å². The fraction of sp³-hybridized carbons (Fsp3) is 0.438. The Bertz CT molecular complexity index is 632. The van der Waals surface area contributed by atoms with E-state index in [1.807, 2.05) is 20.8 Å². The van der Waals surface area contributed by atoms with Crippen molar-refractivity contribution in [2.24, 2.45) is 22.7 Å². The van der Waals surface area contributed by atoms with Crippen LogP contribution in [0.25, 0.3) is 0 Å². The number of hydrogen-bond donors (Lipinski definition) is 0. The molecular weight excluding hydrogens is 272 g/mol. The lowest BCUT2D eigenvalue weighted by molar-refractivity contribution is 0.0945. The lowest BCUT2D eigenvalue weighted by Crippen LogP contribution is -2.14. The van der Waals surface area contributed by atoms with E-state index in [-0.39, 0.29) is 17.1 Å². The molecule has 0 amide bonds. The maximum absolute atomic E-state index is 12.6. The molecule has 0 bridgehead atoms. The zero-order valence-corrected chi connectivity index (χ0v) is 12.4. The van der Waals surface area contributed by atoms with Gasteiger partial charge in [-0.15, -0.1) is 0 Å². The Balaban J connectivity index is 2.44. The monoisotopic (exact) mass is 286 g/mol. The van der Waals surface area contributed by atoms with Gasteiger partial charge in [0, 0.05) is 11.5 Å². The summed E-state index contributed by atoms with van der Waals surface area (Å²) in [7, 11) is 0. The standard InChI is InChI=1S/C16H15ClN2O/c1-15(2,3)14-12(16(14,8-18)9-19)13(20)10-6-4-5-7-11(10)17/h4-7,12,14H,1-3H3/t12-,14+/m1/s1. The number of benzene rings is 1. The molecule has 0 saturated heterocycles. The van der Waals surface area contributed by atoms with Gasteiger partial charge in [0.15, 0.2) is 11.2 Å². The van der Waals surface area contributed by atoms with Gasteiger partial charge in [-0.2, -0.15) is 10.5 Å². The van der Waals surface area contributed by atoms with Gasteiger partial charge in [0.05, 0.1) is 23.1 Å². The normalized spacial score (nSPS) is 23.5. The number of nitrogens with zero attached hydrogens (tertiary/aromatic N) is 2. The van der Waals surface area contributed by atoms with Crippen LogP contribution in [0, 0.1) is 45.3 Å². The second-order valence-corrected chi connectivity index (χ2v) is 6.67. The predicted octanol–water partition coefficient (Wildman–Crippen LogP) is 3.85. The molecule has 1 aliphatic rings. The molecule has 1 aromatic carbocycles. The third-order valence-electron chi connectivity index (χ3n) is 3.93. The molecule has 0 aliphatic heterocycles. The molecule has 1 aromatic rings. The van der Waals surface area contributed by atoms with Crippen LogP contribution in [0.4, 0.5) is 0 Å². The molecule has 4 heteroatoms. The van der Waals surface area contributed by atoms with Crippen LogP contribution in [0.15, 0.2) is 24.3 Å². The van der Waals surface area contributed by atoms with E-state index in [1.54, 1.807) is 24.3 Å². The summed E-state index contributed by atoms with van der Waals surface area (Å²) in [4.78, 5) is 12.6. The van der Waals surface area contributed by atoms with Gasteiger partial charge in [0.25, 0.3) is 0 Å². The van der Waals surface area contributed by atoms with Crippen molar-refractivity contribution in [2.75, 3.05) is 0 Å². The molecule has 1 aliphatic carbocycles. The lowest BCUT2D eigenvalue weighted by atomic mass is 9.85. The zero-order valence-electron chi connectivity index (χ0n) is 11.6. The Labute approximate surface area is 123 Å². The number of carbonyl (C=O) groups excluding carboxylic acids is 1.